The number of hydrogen-bond donors (Lipinski definition) is 0. The van der Waals surface area contributed by atoms with Crippen LogP contribution in [-0.2, 0) is 10.0 Å². The number of benzene rings is 1. The van der Waals surface area contributed by atoms with E-state index in [2.05, 4.69) is 15.9 Å². The number of nitrogens with zero attached hydrogens (tertiary/aromatic N) is 1. The molecule has 7 heteroatoms. The van der Waals surface area contributed by atoms with Crippen molar-refractivity contribution in [2.75, 3.05) is 13.1 Å². The molecule has 18 heavy (non-hydrogen) atoms. The lowest BCUT2D eigenvalue weighted by Gasteiger charge is -2.28. The highest BCUT2D eigenvalue weighted by Crippen LogP contribution is 2.28. The zero-order valence-corrected chi connectivity index (χ0v) is 13.4. The van der Waals surface area contributed by atoms with Crippen LogP contribution in [0.1, 0.15) is 12.8 Å². The van der Waals surface area contributed by atoms with E-state index >= 15 is 0 Å². The standard InChI is InChI=1S/C11H12BrCl2NO2S/c12-10-7-9(1-2-11(10)14)18(16,17)15-5-3-8(13)4-6-15/h1-2,7-8H,3-6H2. The van der Waals surface area contributed by atoms with Crippen molar-refractivity contribution in [2.24, 2.45) is 0 Å². The summed E-state index contributed by atoms with van der Waals surface area (Å²) in [6.07, 6.45) is 1.38. The summed E-state index contributed by atoms with van der Waals surface area (Å²) in [4.78, 5) is 0.256. The Morgan fingerprint density at radius 2 is 1.89 bits per heavy atom. The molecule has 0 aliphatic carbocycles. The van der Waals surface area contributed by atoms with E-state index in [-0.39, 0.29) is 10.3 Å². The third-order valence-electron chi connectivity index (χ3n) is 2.91. The predicted octanol–water partition coefficient (Wildman–Crippen LogP) is 3.49. The third-order valence-corrected chi connectivity index (χ3v) is 6.46. The normalized spacial score (nSPS) is 19.1. The molecular formula is C11H12BrCl2NO2S. The maximum absolute atomic E-state index is 12.4. The predicted molar refractivity (Wildman–Crippen MR) is 76.8 cm³/mol. The molecule has 3 nitrogen and oxygen atoms in total. The van der Waals surface area contributed by atoms with Crippen molar-refractivity contribution in [3.63, 3.8) is 0 Å². The summed E-state index contributed by atoms with van der Waals surface area (Å²) in [5.74, 6) is 0. The van der Waals surface area contributed by atoms with Gasteiger partial charge in [-0.1, -0.05) is 11.6 Å². The van der Waals surface area contributed by atoms with E-state index in [9.17, 15) is 8.42 Å². The van der Waals surface area contributed by atoms with Crippen molar-refractivity contribution in [2.45, 2.75) is 23.1 Å². The van der Waals surface area contributed by atoms with Gasteiger partial charge in [0.1, 0.15) is 0 Å². The SMILES string of the molecule is O=S(=O)(c1ccc(Cl)c(Br)c1)N1CCC(Cl)CC1. The molecule has 1 aliphatic heterocycles. The van der Waals surface area contributed by atoms with Crippen LogP contribution >= 0.6 is 39.1 Å². The first-order chi connectivity index (χ1) is 8.41. The molecule has 0 bridgehead atoms. The Labute approximate surface area is 125 Å². The van der Waals surface area contributed by atoms with Crippen LogP contribution in [0.3, 0.4) is 0 Å². The molecule has 0 atom stereocenters. The Balaban J connectivity index is 2.27. The van der Waals surface area contributed by atoms with E-state index < -0.39 is 10.0 Å². The molecular weight excluding hydrogens is 361 g/mol. The summed E-state index contributed by atoms with van der Waals surface area (Å²) in [7, 11) is -3.44. The van der Waals surface area contributed by atoms with Crippen LogP contribution < -0.4 is 0 Å². The lowest BCUT2D eigenvalue weighted by molar-refractivity contribution is 0.350. The van der Waals surface area contributed by atoms with Gasteiger partial charge in [0, 0.05) is 22.9 Å². The summed E-state index contributed by atoms with van der Waals surface area (Å²) >= 11 is 15.1. The highest BCUT2D eigenvalue weighted by Gasteiger charge is 2.28. The van der Waals surface area contributed by atoms with Gasteiger partial charge in [0.2, 0.25) is 10.0 Å². The van der Waals surface area contributed by atoms with Gasteiger partial charge in [-0.3, -0.25) is 0 Å². The molecule has 0 amide bonds. The van der Waals surface area contributed by atoms with Crippen LogP contribution in [0.25, 0.3) is 0 Å². The van der Waals surface area contributed by atoms with E-state index in [4.69, 9.17) is 23.2 Å². The molecule has 0 unspecified atom stereocenters. The fraction of sp³-hybridized carbons (Fsp3) is 0.455. The minimum Gasteiger partial charge on any atom is -0.207 e. The minimum atomic E-state index is -3.44. The van der Waals surface area contributed by atoms with Gasteiger partial charge in [-0.25, -0.2) is 8.42 Å². The van der Waals surface area contributed by atoms with Gasteiger partial charge in [0.05, 0.1) is 9.92 Å². The van der Waals surface area contributed by atoms with Crippen molar-refractivity contribution in [1.29, 1.82) is 0 Å². The minimum absolute atomic E-state index is 0.0772. The lowest BCUT2D eigenvalue weighted by Crippen LogP contribution is -2.38. The maximum atomic E-state index is 12.4. The Hall–Kier alpha value is 0.190. The number of sulfonamides is 1. The van der Waals surface area contributed by atoms with Gasteiger partial charge in [-0.2, -0.15) is 4.31 Å². The molecule has 1 heterocycles. The van der Waals surface area contributed by atoms with Gasteiger partial charge in [-0.15, -0.1) is 11.6 Å². The second kappa shape index (κ2) is 5.67. The van der Waals surface area contributed by atoms with Crippen molar-refractivity contribution in [3.8, 4) is 0 Å². The zero-order valence-electron chi connectivity index (χ0n) is 9.44. The summed E-state index contributed by atoms with van der Waals surface area (Å²) in [5, 5.41) is 0.571. The molecule has 2 rings (SSSR count). The van der Waals surface area contributed by atoms with Crippen LogP contribution in [-0.4, -0.2) is 31.2 Å². The van der Waals surface area contributed by atoms with Gasteiger partial charge in [0.15, 0.2) is 0 Å². The van der Waals surface area contributed by atoms with Gasteiger partial charge in [0.25, 0.3) is 0 Å². The Bertz CT molecular complexity index is 542. The van der Waals surface area contributed by atoms with Crippen molar-refractivity contribution >= 4 is 49.2 Å². The molecule has 0 spiro atoms. The number of halogens is 3. The molecule has 100 valence electrons. The Kier molecular flexibility index (Phi) is 4.60. The molecule has 1 aliphatic rings. The number of rotatable bonds is 2. The first kappa shape index (κ1) is 14.6. The first-order valence-corrected chi connectivity index (χ1v) is 8.55. The second-order valence-corrected chi connectivity index (χ2v) is 7.97. The van der Waals surface area contributed by atoms with Crippen molar-refractivity contribution in [3.05, 3.63) is 27.7 Å². The highest BCUT2D eigenvalue weighted by atomic mass is 79.9. The summed E-state index contributed by atoms with van der Waals surface area (Å²) in [6.45, 7) is 0.938. The average molecular weight is 373 g/mol. The molecule has 0 N–H and O–H groups in total. The first-order valence-electron chi connectivity index (χ1n) is 5.50. The molecule has 1 fully saturated rings. The molecule has 1 saturated heterocycles. The number of hydrogen-bond acceptors (Lipinski definition) is 2. The zero-order chi connectivity index (χ0) is 13.3. The fourth-order valence-electron chi connectivity index (χ4n) is 1.85. The third kappa shape index (κ3) is 3.02. The van der Waals surface area contributed by atoms with E-state index in [1.165, 1.54) is 16.4 Å². The van der Waals surface area contributed by atoms with Crippen LogP contribution in [0, 0.1) is 0 Å². The summed E-state index contributed by atoms with van der Waals surface area (Å²) < 4.78 is 26.8. The summed E-state index contributed by atoms with van der Waals surface area (Å²) in [6, 6.07) is 4.63. The molecule has 0 aromatic heterocycles. The number of piperidine rings is 1. The molecule has 0 saturated carbocycles. The van der Waals surface area contributed by atoms with Crippen molar-refractivity contribution < 1.29 is 8.42 Å². The van der Waals surface area contributed by atoms with E-state index in [1.807, 2.05) is 0 Å². The van der Waals surface area contributed by atoms with Gasteiger partial charge < -0.3 is 0 Å². The Morgan fingerprint density at radius 3 is 2.44 bits per heavy atom. The van der Waals surface area contributed by atoms with Gasteiger partial charge >= 0.3 is 0 Å². The molecule has 1 aromatic carbocycles. The Morgan fingerprint density at radius 1 is 1.28 bits per heavy atom. The van der Waals surface area contributed by atoms with Crippen LogP contribution in [0.2, 0.25) is 5.02 Å². The van der Waals surface area contributed by atoms with E-state index in [0.29, 0.717) is 35.4 Å². The quantitative estimate of drug-likeness (QED) is 0.745. The van der Waals surface area contributed by atoms with Crippen molar-refractivity contribution in [1.82, 2.24) is 4.31 Å². The highest BCUT2D eigenvalue weighted by molar-refractivity contribution is 9.10. The monoisotopic (exact) mass is 371 g/mol. The van der Waals surface area contributed by atoms with Gasteiger partial charge in [-0.05, 0) is 47.0 Å². The number of alkyl halides is 1. The van der Waals surface area contributed by atoms with Crippen LogP contribution in [0.5, 0.6) is 0 Å². The van der Waals surface area contributed by atoms with Crippen LogP contribution in [0.4, 0.5) is 0 Å². The second-order valence-electron chi connectivity index (χ2n) is 4.15. The molecule has 1 aromatic rings. The van der Waals surface area contributed by atoms with E-state index in [0.717, 1.165) is 0 Å². The van der Waals surface area contributed by atoms with E-state index in [1.54, 1.807) is 6.07 Å². The topological polar surface area (TPSA) is 37.4 Å². The average Bonchev–Trinajstić information content (AvgIpc) is 2.33. The molecule has 0 radical (unpaired) electrons. The lowest BCUT2D eigenvalue weighted by atomic mass is 10.2. The smallest absolute Gasteiger partial charge is 0.207 e. The largest absolute Gasteiger partial charge is 0.243 e. The van der Waals surface area contributed by atoms with Crippen LogP contribution in [0.15, 0.2) is 27.6 Å². The summed E-state index contributed by atoms with van der Waals surface area (Å²) in [5.41, 5.74) is 0. The fourth-order valence-corrected chi connectivity index (χ4v) is 4.19. The maximum Gasteiger partial charge on any atom is 0.243 e.